The Balaban J connectivity index is 1.57. The van der Waals surface area contributed by atoms with Gasteiger partial charge in [-0.2, -0.15) is 0 Å². The quantitative estimate of drug-likeness (QED) is 0.225. The molecule has 3 amide bonds. The molecule has 3 atom stereocenters. The molecule has 11 nitrogen and oxygen atoms in total. The predicted octanol–water partition coefficient (Wildman–Crippen LogP) is 0.813. The monoisotopic (exact) mass is 577 g/mol. The van der Waals surface area contributed by atoms with Gasteiger partial charge >= 0.3 is 0 Å². The van der Waals surface area contributed by atoms with Crippen molar-refractivity contribution in [1.29, 1.82) is 5.41 Å². The molecule has 0 radical (unpaired) electrons. The second-order valence-corrected chi connectivity index (χ2v) is 11.2. The number of ether oxygens (including phenoxy) is 1. The van der Waals surface area contributed by atoms with Gasteiger partial charge in [-0.05, 0) is 61.3 Å². The molecule has 1 aliphatic carbocycles. The van der Waals surface area contributed by atoms with Gasteiger partial charge in [0.25, 0.3) is 0 Å². The summed E-state index contributed by atoms with van der Waals surface area (Å²) < 4.78 is 6.09. The van der Waals surface area contributed by atoms with Gasteiger partial charge in [0.15, 0.2) is 0 Å². The van der Waals surface area contributed by atoms with Crippen molar-refractivity contribution >= 4 is 23.6 Å². The Hall–Kier alpha value is -3.96. The molecule has 2 aromatic rings. The molecule has 1 heterocycles. The molecule has 0 spiro atoms. The van der Waals surface area contributed by atoms with Gasteiger partial charge in [0.2, 0.25) is 17.7 Å². The number of rotatable bonds is 5. The summed E-state index contributed by atoms with van der Waals surface area (Å²) in [6.45, 7) is 3.23. The van der Waals surface area contributed by atoms with Crippen molar-refractivity contribution in [2.24, 2.45) is 17.4 Å². The third-order valence-corrected chi connectivity index (χ3v) is 8.02. The van der Waals surface area contributed by atoms with Crippen LogP contribution in [0.15, 0.2) is 42.5 Å². The fraction of sp³-hybridized carbons (Fsp3) is 0.484. The van der Waals surface area contributed by atoms with E-state index < -0.39 is 24.0 Å². The average Bonchev–Trinajstić information content (AvgIpc) is 3.83. The van der Waals surface area contributed by atoms with E-state index in [-0.39, 0.29) is 23.6 Å². The number of nitrogens with one attached hydrogen (secondary N) is 4. The summed E-state index contributed by atoms with van der Waals surface area (Å²) in [4.78, 5) is 41.7. The average molecular weight is 578 g/mol. The molecular formula is C31H43N7O4. The standard InChI is InChI=1S/C31H43N7O4/c1-19-29(39)37-25(16-20-5-7-21(18-32)8-6-20)30(40)36-13-3-4-22-9-12-24(28(33)34)17-26(22)42-15-14-35-27(23-10-11-23)31(41)38(19)2/h5-9,12,17,19,23,25,27,35H,3-4,10-11,13-16,18,32H2,1-2H3,(H3,33,34)(H,36,40)(H,37,39). The number of benzene rings is 2. The number of nitrogens with two attached hydrogens (primary N) is 2. The number of nitrogen functional groups attached to an aromatic ring is 1. The van der Waals surface area contributed by atoms with Gasteiger partial charge in [-0.1, -0.05) is 36.4 Å². The normalized spacial score (nSPS) is 23.1. The molecule has 1 saturated carbocycles. The van der Waals surface area contributed by atoms with Crippen molar-refractivity contribution < 1.29 is 19.1 Å². The molecule has 8 N–H and O–H groups in total. The third-order valence-electron chi connectivity index (χ3n) is 8.02. The van der Waals surface area contributed by atoms with E-state index in [9.17, 15) is 14.4 Å². The van der Waals surface area contributed by atoms with Crippen LogP contribution in [-0.2, 0) is 33.8 Å². The van der Waals surface area contributed by atoms with Crippen molar-refractivity contribution in [1.82, 2.24) is 20.9 Å². The molecule has 226 valence electrons. The molecule has 0 aromatic heterocycles. The lowest BCUT2D eigenvalue weighted by atomic mass is 10.0. The molecule has 2 aliphatic rings. The van der Waals surface area contributed by atoms with Gasteiger partial charge < -0.3 is 37.1 Å². The van der Waals surface area contributed by atoms with Crippen LogP contribution in [0.25, 0.3) is 0 Å². The Bertz CT molecular complexity index is 1280. The molecular weight excluding hydrogens is 534 g/mol. The molecule has 1 fully saturated rings. The van der Waals surface area contributed by atoms with Crippen molar-refractivity contribution in [3.05, 3.63) is 64.7 Å². The van der Waals surface area contributed by atoms with Gasteiger partial charge in [0, 0.05) is 38.7 Å². The maximum atomic E-state index is 13.5. The van der Waals surface area contributed by atoms with Crippen LogP contribution in [0, 0.1) is 11.3 Å². The van der Waals surface area contributed by atoms with E-state index >= 15 is 0 Å². The minimum atomic E-state index is -0.822. The summed E-state index contributed by atoms with van der Waals surface area (Å²) in [5.74, 6) is -0.0730. The zero-order chi connectivity index (χ0) is 30.2. The number of hydrogen-bond acceptors (Lipinski definition) is 7. The van der Waals surface area contributed by atoms with E-state index in [0.29, 0.717) is 56.8 Å². The smallest absolute Gasteiger partial charge is 0.243 e. The van der Waals surface area contributed by atoms with Gasteiger partial charge in [0.1, 0.15) is 30.3 Å². The first-order valence-electron chi connectivity index (χ1n) is 14.6. The van der Waals surface area contributed by atoms with Crippen molar-refractivity contribution in [3.8, 4) is 5.75 Å². The first kappa shape index (κ1) is 31.0. The molecule has 3 unspecified atom stereocenters. The summed E-state index contributed by atoms with van der Waals surface area (Å²) in [6.07, 6.45) is 3.44. The minimum absolute atomic E-state index is 0.0476. The maximum Gasteiger partial charge on any atom is 0.243 e. The van der Waals surface area contributed by atoms with E-state index in [2.05, 4.69) is 16.0 Å². The van der Waals surface area contributed by atoms with Crippen LogP contribution in [0.4, 0.5) is 0 Å². The number of hydrogen-bond donors (Lipinski definition) is 6. The van der Waals surface area contributed by atoms with Gasteiger partial charge in [-0.25, -0.2) is 0 Å². The van der Waals surface area contributed by atoms with Crippen molar-refractivity contribution in [3.63, 3.8) is 0 Å². The Morgan fingerprint density at radius 2 is 1.76 bits per heavy atom. The highest BCUT2D eigenvalue weighted by molar-refractivity contribution is 5.95. The van der Waals surface area contributed by atoms with E-state index in [0.717, 1.165) is 29.5 Å². The molecule has 42 heavy (non-hydrogen) atoms. The van der Waals surface area contributed by atoms with Crippen LogP contribution in [0.2, 0.25) is 0 Å². The Labute approximate surface area is 247 Å². The molecule has 1 aliphatic heterocycles. The number of nitrogens with zero attached hydrogens (tertiary/aromatic N) is 1. The summed E-state index contributed by atoms with van der Waals surface area (Å²) in [7, 11) is 1.62. The summed E-state index contributed by atoms with van der Waals surface area (Å²) in [5.41, 5.74) is 14.8. The number of likely N-dealkylation sites (N-methyl/N-ethyl adjacent to an activating group) is 1. The SMILES string of the molecule is CC1C(=O)NC(Cc2ccc(CN)cc2)C(=O)NCCCc2ccc(C(=N)N)cc2OCCNC(C2CC2)C(=O)N1C. The Morgan fingerprint density at radius 3 is 2.43 bits per heavy atom. The lowest BCUT2D eigenvalue weighted by Gasteiger charge is -2.30. The second kappa shape index (κ2) is 14.3. The topological polar surface area (TPSA) is 176 Å². The van der Waals surface area contributed by atoms with E-state index in [1.807, 2.05) is 30.3 Å². The summed E-state index contributed by atoms with van der Waals surface area (Å²) in [6, 6.07) is 11.0. The number of aryl methyl sites for hydroxylation is 1. The predicted molar refractivity (Wildman–Crippen MR) is 161 cm³/mol. The zero-order valence-electron chi connectivity index (χ0n) is 24.4. The fourth-order valence-corrected chi connectivity index (χ4v) is 5.07. The number of amidine groups is 1. The van der Waals surface area contributed by atoms with Crippen molar-refractivity contribution in [2.45, 2.75) is 63.7 Å². The Morgan fingerprint density at radius 1 is 1.05 bits per heavy atom. The fourth-order valence-electron chi connectivity index (χ4n) is 5.07. The minimum Gasteiger partial charge on any atom is -0.492 e. The first-order chi connectivity index (χ1) is 20.2. The Kier molecular flexibility index (Phi) is 10.5. The van der Waals surface area contributed by atoms with Crippen LogP contribution >= 0.6 is 0 Å². The van der Waals surface area contributed by atoms with Crippen LogP contribution in [0.5, 0.6) is 5.75 Å². The lowest BCUT2D eigenvalue weighted by Crippen LogP contribution is -2.56. The molecule has 2 aromatic carbocycles. The lowest BCUT2D eigenvalue weighted by molar-refractivity contribution is -0.141. The second-order valence-electron chi connectivity index (χ2n) is 11.2. The number of fused-ring (bicyclic) bond motifs is 1. The van der Waals surface area contributed by atoms with Gasteiger partial charge in [-0.15, -0.1) is 0 Å². The number of carbonyl (C=O) groups excluding carboxylic acids is 3. The molecule has 4 rings (SSSR count). The number of carbonyl (C=O) groups is 3. The van der Waals surface area contributed by atoms with Crippen LogP contribution in [0.1, 0.15) is 48.4 Å². The summed E-state index contributed by atoms with van der Waals surface area (Å²) in [5, 5.41) is 17.0. The molecule has 11 heteroatoms. The third kappa shape index (κ3) is 8.07. The molecule has 0 saturated heterocycles. The van der Waals surface area contributed by atoms with E-state index in [1.54, 1.807) is 26.1 Å². The zero-order valence-corrected chi connectivity index (χ0v) is 24.4. The highest BCUT2D eigenvalue weighted by Gasteiger charge is 2.39. The van der Waals surface area contributed by atoms with Gasteiger partial charge in [-0.3, -0.25) is 19.8 Å². The highest BCUT2D eigenvalue weighted by Crippen LogP contribution is 2.33. The van der Waals surface area contributed by atoms with Crippen molar-refractivity contribution in [2.75, 3.05) is 26.7 Å². The van der Waals surface area contributed by atoms with Crippen LogP contribution in [-0.4, -0.2) is 73.3 Å². The highest BCUT2D eigenvalue weighted by atomic mass is 16.5. The first-order valence-corrected chi connectivity index (χ1v) is 14.6. The largest absolute Gasteiger partial charge is 0.492 e. The van der Waals surface area contributed by atoms with Crippen LogP contribution < -0.4 is 32.2 Å². The van der Waals surface area contributed by atoms with Crippen LogP contribution in [0.3, 0.4) is 0 Å². The van der Waals surface area contributed by atoms with Gasteiger partial charge in [0.05, 0.1) is 6.04 Å². The number of amides is 3. The van der Waals surface area contributed by atoms with E-state index in [4.69, 9.17) is 21.6 Å². The van der Waals surface area contributed by atoms with E-state index in [1.165, 1.54) is 4.90 Å². The summed E-state index contributed by atoms with van der Waals surface area (Å²) >= 11 is 0. The molecule has 0 bridgehead atoms. The maximum absolute atomic E-state index is 13.5.